The Bertz CT molecular complexity index is 734. The van der Waals surface area contributed by atoms with Gasteiger partial charge < -0.3 is 15.8 Å². The Morgan fingerprint density at radius 3 is 2.59 bits per heavy atom. The minimum atomic E-state index is -0.245. The molecule has 1 aliphatic heterocycles. The number of nitrogens with two attached hydrogens (primary N) is 1. The number of likely N-dealkylation sites (tertiary alicyclic amines) is 1. The first-order valence-corrected chi connectivity index (χ1v) is 9.38. The number of nitrogens with one attached hydrogen (secondary N) is 1. The van der Waals surface area contributed by atoms with E-state index >= 15 is 0 Å². The summed E-state index contributed by atoms with van der Waals surface area (Å²) in [5.74, 6) is 0.479. The van der Waals surface area contributed by atoms with Gasteiger partial charge in [-0.15, -0.1) is 0 Å². The molecule has 0 radical (unpaired) electrons. The number of nitrogens with zero attached hydrogens (tertiary/aromatic N) is 1. The number of carbonyl (C=O) groups excluding carboxylic acids is 1. The highest BCUT2D eigenvalue weighted by Crippen LogP contribution is 2.22. The lowest BCUT2D eigenvalue weighted by atomic mass is 10.00. The van der Waals surface area contributed by atoms with Gasteiger partial charge in [0.05, 0.1) is 6.04 Å². The average Bonchev–Trinajstić information content (AvgIpc) is 2.69. The summed E-state index contributed by atoms with van der Waals surface area (Å²) in [7, 11) is 0. The molecule has 5 nitrogen and oxygen atoms in total. The zero-order chi connectivity index (χ0) is 19.1. The van der Waals surface area contributed by atoms with Crippen molar-refractivity contribution >= 4 is 11.6 Å². The van der Waals surface area contributed by atoms with Crippen LogP contribution in [0.2, 0.25) is 0 Å². The van der Waals surface area contributed by atoms with E-state index in [1.165, 1.54) is 12.1 Å². The van der Waals surface area contributed by atoms with E-state index in [0.717, 1.165) is 42.8 Å². The number of anilines is 1. The number of ether oxygens (including phenoxy) is 1. The average molecular weight is 371 g/mol. The first kappa shape index (κ1) is 19.3. The third-order valence-electron chi connectivity index (χ3n) is 4.72. The van der Waals surface area contributed by atoms with Crippen LogP contribution in [0.4, 0.5) is 10.1 Å². The van der Waals surface area contributed by atoms with Gasteiger partial charge in [-0.2, -0.15) is 0 Å². The highest BCUT2D eigenvalue weighted by atomic mass is 19.1. The molecule has 144 valence electrons. The van der Waals surface area contributed by atoms with Crippen molar-refractivity contribution in [3.8, 4) is 5.75 Å². The number of hydrogen-bond donors (Lipinski definition) is 2. The van der Waals surface area contributed by atoms with Crippen LogP contribution in [0.1, 0.15) is 24.8 Å². The molecule has 6 heteroatoms. The molecule has 3 rings (SSSR count). The summed E-state index contributed by atoms with van der Waals surface area (Å²) in [6.45, 7) is 2.43. The topological polar surface area (TPSA) is 67.6 Å². The minimum Gasteiger partial charge on any atom is -0.492 e. The largest absolute Gasteiger partial charge is 0.492 e. The Balaban J connectivity index is 1.61. The highest BCUT2D eigenvalue weighted by molar-refractivity contribution is 5.94. The van der Waals surface area contributed by atoms with Gasteiger partial charge in [-0.25, -0.2) is 4.39 Å². The Morgan fingerprint density at radius 2 is 1.89 bits per heavy atom. The van der Waals surface area contributed by atoms with E-state index < -0.39 is 0 Å². The summed E-state index contributed by atoms with van der Waals surface area (Å²) in [6.07, 6.45) is 2.92. The molecule has 0 saturated carbocycles. The van der Waals surface area contributed by atoms with Crippen molar-refractivity contribution in [3.05, 3.63) is 59.9 Å². The molecule has 0 aliphatic carbocycles. The van der Waals surface area contributed by atoms with Crippen LogP contribution >= 0.6 is 0 Å². The molecule has 1 amide bonds. The molecule has 1 atom stereocenters. The van der Waals surface area contributed by atoms with Crippen LogP contribution in [0.5, 0.6) is 5.75 Å². The maximum atomic E-state index is 13.1. The predicted molar refractivity (Wildman–Crippen MR) is 104 cm³/mol. The minimum absolute atomic E-state index is 0.00700. The zero-order valence-electron chi connectivity index (χ0n) is 15.4. The van der Waals surface area contributed by atoms with Crippen molar-refractivity contribution in [1.82, 2.24) is 4.90 Å². The molecular formula is C21H26FN3O2. The van der Waals surface area contributed by atoms with Gasteiger partial charge in [-0.3, -0.25) is 9.69 Å². The van der Waals surface area contributed by atoms with Gasteiger partial charge in [0, 0.05) is 18.8 Å². The van der Waals surface area contributed by atoms with Crippen LogP contribution in [0.3, 0.4) is 0 Å². The third kappa shape index (κ3) is 5.52. The first-order valence-electron chi connectivity index (χ1n) is 9.38. The van der Waals surface area contributed by atoms with E-state index in [1.54, 1.807) is 12.1 Å². The summed E-state index contributed by atoms with van der Waals surface area (Å²) < 4.78 is 18.6. The molecule has 0 spiro atoms. The second-order valence-electron chi connectivity index (χ2n) is 6.76. The Labute approximate surface area is 159 Å². The number of halogens is 1. The molecular weight excluding hydrogens is 345 g/mol. The van der Waals surface area contributed by atoms with Crippen LogP contribution in [0.15, 0.2) is 48.5 Å². The lowest BCUT2D eigenvalue weighted by Crippen LogP contribution is -2.46. The molecule has 1 saturated heterocycles. The quantitative estimate of drug-likeness (QED) is 0.785. The van der Waals surface area contributed by atoms with Crippen molar-refractivity contribution in [2.45, 2.75) is 31.8 Å². The van der Waals surface area contributed by atoms with E-state index in [9.17, 15) is 9.18 Å². The third-order valence-corrected chi connectivity index (χ3v) is 4.72. The first-order chi connectivity index (χ1) is 13.2. The molecule has 1 heterocycles. The van der Waals surface area contributed by atoms with Gasteiger partial charge in [0.2, 0.25) is 5.91 Å². The van der Waals surface area contributed by atoms with Gasteiger partial charge in [0.1, 0.15) is 18.2 Å². The fourth-order valence-electron chi connectivity index (χ4n) is 3.34. The fraction of sp³-hybridized carbons (Fsp3) is 0.381. The van der Waals surface area contributed by atoms with E-state index in [1.807, 2.05) is 24.3 Å². The highest BCUT2D eigenvalue weighted by Gasteiger charge is 2.28. The van der Waals surface area contributed by atoms with E-state index in [2.05, 4.69) is 10.2 Å². The number of hydrogen-bond acceptors (Lipinski definition) is 4. The monoisotopic (exact) mass is 371 g/mol. The van der Waals surface area contributed by atoms with Crippen molar-refractivity contribution in [1.29, 1.82) is 0 Å². The summed E-state index contributed by atoms with van der Waals surface area (Å²) >= 11 is 0. The molecule has 0 bridgehead atoms. The van der Waals surface area contributed by atoms with Crippen molar-refractivity contribution < 1.29 is 13.9 Å². The predicted octanol–water partition coefficient (Wildman–Crippen LogP) is 3.16. The lowest BCUT2D eigenvalue weighted by Gasteiger charge is -2.34. The molecule has 0 aromatic heterocycles. The van der Waals surface area contributed by atoms with Crippen molar-refractivity contribution in [3.63, 3.8) is 0 Å². The second-order valence-corrected chi connectivity index (χ2v) is 6.76. The standard InChI is InChI=1S/C21H26FN3O2/c22-17-6-4-16(5-7-17)15-25-13-2-1-3-20(25)21(26)24-18-8-10-19(11-9-18)27-14-12-23/h4-11,20H,1-3,12-15,23H2,(H,24,26). The lowest BCUT2D eigenvalue weighted by molar-refractivity contribution is -0.122. The Hall–Kier alpha value is -2.44. The van der Waals surface area contributed by atoms with Crippen LogP contribution in [-0.2, 0) is 11.3 Å². The Morgan fingerprint density at radius 1 is 1.15 bits per heavy atom. The molecule has 2 aromatic carbocycles. The van der Waals surface area contributed by atoms with Gasteiger partial charge in [0.15, 0.2) is 0 Å². The number of benzene rings is 2. The Kier molecular flexibility index (Phi) is 6.79. The number of amides is 1. The second kappa shape index (κ2) is 9.48. The van der Waals surface area contributed by atoms with E-state index in [-0.39, 0.29) is 17.8 Å². The molecule has 1 unspecified atom stereocenters. The molecule has 27 heavy (non-hydrogen) atoms. The van der Waals surface area contributed by atoms with Gasteiger partial charge >= 0.3 is 0 Å². The fourth-order valence-corrected chi connectivity index (χ4v) is 3.34. The van der Waals surface area contributed by atoms with Crippen molar-refractivity contribution in [2.24, 2.45) is 5.73 Å². The smallest absolute Gasteiger partial charge is 0.241 e. The summed E-state index contributed by atoms with van der Waals surface area (Å²) in [4.78, 5) is 15.0. The number of piperidine rings is 1. The molecule has 1 aliphatic rings. The maximum Gasteiger partial charge on any atom is 0.241 e. The molecule has 2 aromatic rings. The van der Waals surface area contributed by atoms with Gasteiger partial charge in [0.25, 0.3) is 0 Å². The van der Waals surface area contributed by atoms with Crippen LogP contribution in [-0.4, -0.2) is 36.5 Å². The molecule has 1 fully saturated rings. The maximum absolute atomic E-state index is 13.1. The van der Waals surface area contributed by atoms with Crippen LogP contribution in [0, 0.1) is 5.82 Å². The van der Waals surface area contributed by atoms with Gasteiger partial charge in [-0.1, -0.05) is 18.6 Å². The SMILES string of the molecule is NCCOc1ccc(NC(=O)C2CCCCN2Cc2ccc(F)cc2)cc1. The number of rotatable bonds is 7. The summed E-state index contributed by atoms with van der Waals surface area (Å²) in [6, 6.07) is 13.6. The van der Waals surface area contributed by atoms with Crippen LogP contribution < -0.4 is 15.8 Å². The van der Waals surface area contributed by atoms with Crippen molar-refractivity contribution in [2.75, 3.05) is 25.0 Å². The normalized spacial score (nSPS) is 17.5. The van der Waals surface area contributed by atoms with E-state index in [4.69, 9.17) is 10.5 Å². The van der Waals surface area contributed by atoms with Crippen LogP contribution in [0.25, 0.3) is 0 Å². The summed E-state index contributed by atoms with van der Waals surface area (Å²) in [5.41, 5.74) is 7.18. The van der Waals surface area contributed by atoms with E-state index in [0.29, 0.717) is 19.7 Å². The zero-order valence-corrected chi connectivity index (χ0v) is 15.4. The molecule has 3 N–H and O–H groups in total. The number of carbonyl (C=O) groups is 1. The summed E-state index contributed by atoms with van der Waals surface area (Å²) in [5, 5.41) is 3.00. The van der Waals surface area contributed by atoms with Gasteiger partial charge in [-0.05, 0) is 61.3 Å².